The van der Waals surface area contributed by atoms with Crippen molar-refractivity contribution in [3.8, 4) is 0 Å². The van der Waals surface area contributed by atoms with Gasteiger partial charge in [0.15, 0.2) is 0 Å². The minimum atomic E-state index is 0.119. The summed E-state index contributed by atoms with van der Waals surface area (Å²) in [7, 11) is 0. The van der Waals surface area contributed by atoms with Crippen LogP contribution in [0.3, 0.4) is 0 Å². The summed E-state index contributed by atoms with van der Waals surface area (Å²) in [5.74, 6) is 0.626. The normalized spacial score (nSPS) is 34.6. The van der Waals surface area contributed by atoms with Gasteiger partial charge in [-0.15, -0.1) is 0 Å². The molecule has 0 aromatic heterocycles. The molecular weight excluding hydrogens is 158 g/mol. The zero-order valence-electron chi connectivity index (χ0n) is 9.69. The first-order chi connectivity index (χ1) is 5.86. The van der Waals surface area contributed by atoms with Gasteiger partial charge in [-0.2, -0.15) is 0 Å². The Morgan fingerprint density at radius 2 is 1.62 bits per heavy atom. The highest BCUT2D eigenvalue weighted by Crippen LogP contribution is 2.39. The Bertz CT molecular complexity index is 172. The van der Waals surface area contributed by atoms with E-state index in [1.54, 1.807) is 0 Å². The molecule has 1 aliphatic rings. The highest BCUT2D eigenvalue weighted by molar-refractivity contribution is 4.92. The van der Waals surface area contributed by atoms with E-state index in [1.165, 1.54) is 32.1 Å². The summed E-state index contributed by atoms with van der Waals surface area (Å²) < 4.78 is 0. The monoisotopic (exact) mass is 183 g/mol. The molecule has 0 radical (unpaired) electrons. The van der Waals surface area contributed by atoms with Crippen LogP contribution in [0.5, 0.6) is 0 Å². The molecule has 1 aliphatic carbocycles. The lowest BCUT2D eigenvalue weighted by Gasteiger charge is -2.33. The molecule has 0 spiro atoms. The fourth-order valence-corrected chi connectivity index (χ4v) is 2.29. The largest absolute Gasteiger partial charge is 0.325 e. The second-order valence-corrected chi connectivity index (χ2v) is 5.91. The van der Waals surface area contributed by atoms with E-state index in [-0.39, 0.29) is 5.54 Å². The topological polar surface area (TPSA) is 26.0 Å². The van der Waals surface area contributed by atoms with Gasteiger partial charge in [-0.05, 0) is 37.0 Å². The summed E-state index contributed by atoms with van der Waals surface area (Å²) in [6.45, 7) is 9.27. The molecule has 0 bridgehead atoms. The van der Waals surface area contributed by atoms with Crippen molar-refractivity contribution in [3.63, 3.8) is 0 Å². The third-order valence-corrected chi connectivity index (χ3v) is 3.91. The zero-order chi connectivity index (χ0) is 10.1. The van der Waals surface area contributed by atoms with E-state index in [1.807, 2.05) is 0 Å². The molecule has 13 heavy (non-hydrogen) atoms. The zero-order valence-corrected chi connectivity index (χ0v) is 9.69. The molecule has 78 valence electrons. The van der Waals surface area contributed by atoms with E-state index in [0.717, 1.165) is 0 Å². The third-order valence-electron chi connectivity index (χ3n) is 3.91. The van der Waals surface area contributed by atoms with Crippen LogP contribution in [0.2, 0.25) is 0 Å². The Morgan fingerprint density at radius 1 is 1.00 bits per heavy atom. The molecule has 1 heteroatoms. The maximum absolute atomic E-state index is 6.42. The molecule has 1 atom stereocenters. The molecular formula is C12H25N. The first kappa shape index (κ1) is 11.0. The van der Waals surface area contributed by atoms with Gasteiger partial charge in [-0.1, -0.05) is 34.1 Å². The fourth-order valence-electron chi connectivity index (χ4n) is 2.29. The van der Waals surface area contributed by atoms with Gasteiger partial charge in [0.2, 0.25) is 0 Å². The van der Waals surface area contributed by atoms with Crippen molar-refractivity contribution in [2.75, 3.05) is 0 Å². The number of nitrogens with two attached hydrogens (primary N) is 1. The van der Waals surface area contributed by atoms with Gasteiger partial charge >= 0.3 is 0 Å². The van der Waals surface area contributed by atoms with Crippen LogP contribution < -0.4 is 5.73 Å². The first-order valence-electron chi connectivity index (χ1n) is 5.65. The highest BCUT2D eigenvalue weighted by atomic mass is 14.8. The minimum Gasteiger partial charge on any atom is -0.325 e. The van der Waals surface area contributed by atoms with E-state index in [9.17, 15) is 0 Å². The van der Waals surface area contributed by atoms with E-state index < -0.39 is 0 Å². The summed E-state index contributed by atoms with van der Waals surface area (Å²) in [6, 6.07) is 0. The molecule has 0 aromatic rings. The lowest BCUT2D eigenvalue weighted by molar-refractivity contribution is 0.253. The summed E-state index contributed by atoms with van der Waals surface area (Å²) in [5, 5.41) is 0. The lowest BCUT2D eigenvalue weighted by atomic mass is 9.79. The van der Waals surface area contributed by atoms with Crippen LogP contribution >= 0.6 is 0 Å². The van der Waals surface area contributed by atoms with Crippen LogP contribution in [0.25, 0.3) is 0 Å². The van der Waals surface area contributed by atoms with Gasteiger partial charge in [0, 0.05) is 5.54 Å². The van der Waals surface area contributed by atoms with Crippen molar-refractivity contribution in [2.24, 2.45) is 17.1 Å². The van der Waals surface area contributed by atoms with Crippen molar-refractivity contribution < 1.29 is 0 Å². The van der Waals surface area contributed by atoms with Crippen molar-refractivity contribution in [3.05, 3.63) is 0 Å². The summed E-state index contributed by atoms with van der Waals surface area (Å²) in [6.07, 6.45) is 6.37. The molecule has 0 amide bonds. The van der Waals surface area contributed by atoms with Gasteiger partial charge in [0.1, 0.15) is 0 Å². The van der Waals surface area contributed by atoms with Gasteiger partial charge in [0.25, 0.3) is 0 Å². The molecule has 2 N–H and O–H groups in total. The Labute approximate surface area is 83.1 Å². The van der Waals surface area contributed by atoms with Crippen LogP contribution in [0.4, 0.5) is 0 Å². The van der Waals surface area contributed by atoms with E-state index >= 15 is 0 Å². The van der Waals surface area contributed by atoms with Crippen LogP contribution in [0.15, 0.2) is 0 Å². The van der Waals surface area contributed by atoms with E-state index in [4.69, 9.17) is 5.73 Å². The first-order valence-corrected chi connectivity index (χ1v) is 5.65. The average molecular weight is 183 g/mol. The fraction of sp³-hybridized carbons (Fsp3) is 1.00. The molecule has 1 saturated carbocycles. The van der Waals surface area contributed by atoms with E-state index in [2.05, 4.69) is 27.7 Å². The van der Waals surface area contributed by atoms with Crippen molar-refractivity contribution in [1.82, 2.24) is 0 Å². The van der Waals surface area contributed by atoms with Gasteiger partial charge in [-0.3, -0.25) is 0 Å². The summed E-state index contributed by atoms with van der Waals surface area (Å²) in [4.78, 5) is 0. The van der Waals surface area contributed by atoms with Crippen LogP contribution in [-0.4, -0.2) is 5.54 Å². The van der Waals surface area contributed by atoms with Crippen molar-refractivity contribution >= 4 is 0 Å². The van der Waals surface area contributed by atoms with Gasteiger partial charge < -0.3 is 5.73 Å². The summed E-state index contributed by atoms with van der Waals surface area (Å²) >= 11 is 0. The Balaban J connectivity index is 2.63. The predicted molar refractivity (Wildman–Crippen MR) is 58.6 cm³/mol. The average Bonchev–Trinajstić information content (AvgIpc) is 2.12. The minimum absolute atomic E-state index is 0.119. The maximum atomic E-state index is 6.42. The Kier molecular flexibility index (Phi) is 3.06. The highest BCUT2D eigenvalue weighted by Gasteiger charge is 2.34. The van der Waals surface area contributed by atoms with Crippen molar-refractivity contribution in [1.29, 1.82) is 0 Å². The standard InChI is InChI=1S/C12H25N/c1-10(2)12(13)7-5-6-11(3,4)8-9-12/h10H,5-9,13H2,1-4H3. The quantitative estimate of drug-likeness (QED) is 0.620. The number of hydrogen-bond acceptors (Lipinski definition) is 1. The predicted octanol–water partition coefficient (Wildman–Crippen LogP) is 3.33. The smallest absolute Gasteiger partial charge is 0.0177 e. The number of rotatable bonds is 1. The number of hydrogen-bond donors (Lipinski definition) is 1. The second-order valence-electron chi connectivity index (χ2n) is 5.91. The molecule has 0 aromatic carbocycles. The van der Waals surface area contributed by atoms with Crippen LogP contribution in [0, 0.1) is 11.3 Å². The summed E-state index contributed by atoms with van der Waals surface area (Å²) in [5.41, 5.74) is 7.07. The third kappa shape index (κ3) is 2.70. The molecule has 1 rings (SSSR count). The second kappa shape index (κ2) is 3.61. The van der Waals surface area contributed by atoms with E-state index in [0.29, 0.717) is 11.3 Å². The molecule has 0 saturated heterocycles. The Hall–Kier alpha value is -0.0400. The Morgan fingerprint density at radius 3 is 2.15 bits per heavy atom. The van der Waals surface area contributed by atoms with Crippen molar-refractivity contribution in [2.45, 2.75) is 65.3 Å². The SMILES string of the molecule is CC(C)C1(N)CCCC(C)(C)CC1. The molecule has 1 fully saturated rings. The van der Waals surface area contributed by atoms with Gasteiger partial charge in [0.05, 0.1) is 0 Å². The van der Waals surface area contributed by atoms with Gasteiger partial charge in [-0.25, -0.2) is 0 Å². The maximum Gasteiger partial charge on any atom is 0.0177 e. The molecule has 1 unspecified atom stereocenters. The molecule has 0 aliphatic heterocycles. The van der Waals surface area contributed by atoms with Crippen LogP contribution in [-0.2, 0) is 0 Å². The van der Waals surface area contributed by atoms with Crippen LogP contribution in [0.1, 0.15) is 59.8 Å². The molecule has 0 heterocycles. The molecule has 1 nitrogen and oxygen atoms in total. The lowest BCUT2D eigenvalue weighted by Crippen LogP contribution is -2.44.